The first-order valence-corrected chi connectivity index (χ1v) is 5.99. The van der Waals surface area contributed by atoms with E-state index >= 15 is 0 Å². The summed E-state index contributed by atoms with van der Waals surface area (Å²) in [6, 6.07) is 0.375. The van der Waals surface area contributed by atoms with Gasteiger partial charge in [0.15, 0.2) is 0 Å². The summed E-state index contributed by atoms with van der Waals surface area (Å²) in [6.45, 7) is 13.6. The molecule has 0 aliphatic carbocycles. The molecule has 1 N–H and O–H groups in total. The van der Waals surface area contributed by atoms with Gasteiger partial charge < -0.3 is 10.1 Å². The highest BCUT2D eigenvalue weighted by Crippen LogP contribution is 2.27. The van der Waals surface area contributed by atoms with Crippen molar-refractivity contribution in [2.75, 3.05) is 13.7 Å². The maximum Gasteiger partial charge on any atom is 0.0828 e. The molecule has 15 heavy (non-hydrogen) atoms. The van der Waals surface area contributed by atoms with Crippen molar-refractivity contribution in [1.82, 2.24) is 5.32 Å². The number of hydrogen-bond acceptors (Lipinski definition) is 2. The molecule has 1 unspecified atom stereocenters. The molecule has 0 aliphatic rings. The van der Waals surface area contributed by atoms with Crippen LogP contribution in [0, 0.1) is 0 Å². The fourth-order valence-electron chi connectivity index (χ4n) is 2.21. The molecule has 0 fully saturated rings. The van der Waals surface area contributed by atoms with E-state index in [1.54, 1.807) is 0 Å². The zero-order chi connectivity index (χ0) is 11.9. The first kappa shape index (κ1) is 14.7. The Morgan fingerprint density at radius 1 is 1.33 bits per heavy atom. The molecule has 0 aromatic heterocycles. The van der Waals surface area contributed by atoms with E-state index < -0.39 is 0 Å². The van der Waals surface area contributed by atoms with E-state index in [0.717, 1.165) is 25.8 Å². The fraction of sp³-hybridized carbons (Fsp3) is 0.846. The number of rotatable bonds is 8. The van der Waals surface area contributed by atoms with Crippen LogP contribution in [0.1, 0.15) is 47.0 Å². The zero-order valence-corrected chi connectivity index (χ0v) is 11.0. The Labute approximate surface area is 95.1 Å². The van der Waals surface area contributed by atoms with E-state index in [2.05, 4.69) is 39.6 Å². The standard InChI is InChI=1S/C13H27NO/c1-7-13(8-2,15-6)12(14-9-3)10-11(4)5/h12,14H,4,7-10H2,1-3,5-6H3. The van der Waals surface area contributed by atoms with Crippen molar-refractivity contribution in [3.63, 3.8) is 0 Å². The number of likely N-dealkylation sites (N-methyl/N-ethyl adjacent to an activating group) is 1. The van der Waals surface area contributed by atoms with Gasteiger partial charge in [0, 0.05) is 13.2 Å². The molecular formula is C13H27NO. The van der Waals surface area contributed by atoms with Crippen molar-refractivity contribution >= 4 is 0 Å². The summed E-state index contributed by atoms with van der Waals surface area (Å²) >= 11 is 0. The van der Waals surface area contributed by atoms with Gasteiger partial charge >= 0.3 is 0 Å². The lowest BCUT2D eigenvalue weighted by Crippen LogP contribution is -2.51. The van der Waals surface area contributed by atoms with Crippen LogP contribution in [-0.4, -0.2) is 25.3 Å². The van der Waals surface area contributed by atoms with E-state index in [0.29, 0.717) is 6.04 Å². The molecule has 2 nitrogen and oxygen atoms in total. The molecule has 0 rings (SSSR count). The van der Waals surface area contributed by atoms with Crippen LogP contribution in [0.2, 0.25) is 0 Å². The lowest BCUT2D eigenvalue weighted by Gasteiger charge is -2.39. The van der Waals surface area contributed by atoms with Crippen molar-refractivity contribution < 1.29 is 4.74 Å². The van der Waals surface area contributed by atoms with Gasteiger partial charge in [-0.2, -0.15) is 0 Å². The molecule has 0 radical (unpaired) electrons. The highest BCUT2D eigenvalue weighted by atomic mass is 16.5. The van der Waals surface area contributed by atoms with Crippen molar-refractivity contribution in [1.29, 1.82) is 0 Å². The lowest BCUT2D eigenvalue weighted by atomic mass is 9.84. The summed E-state index contributed by atoms with van der Waals surface area (Å²) in [6.07, 6.45) is 3.05. The van der Waals surface area contributed by atoms with E-state index in [1.807, 2.05) is 7.11 Å². The molecule has 0 spiro atoms. The Bertz CT molecular complexity index is 177. The molecule has 0 aromatic rings. The average molecular weight is 213 g/mol. The fourth-order valence-corrected chi connectivity index (χ4v) is 2.21. The molecule has 0 bridgehead atoms. The maximum absolute atomic E-state index is 5.75. The molecule has 90 valence electrons. The van der Waals surface area contributed by atoms with E-state index in [1.165, 1.54) is 5.57 Å². The van der Waals surface area contributed by atoms with Crippen LogP contribution < -0.4 is 5.32 Å². The summed E-state index contributed by atoms with van der Waals surface area (Å²) < 4.78 is 5.75. The second-order valence-corrected chi connectivity index (χ2v) is 4.25. The monoisotopic (exact) mass is 213 g/mol. The third-order valence-corrected chi connectivity index (χ3v) is 3.24. The quantitative estimate of drug-likeness (QED) is 0.625. The smallest absolute Gasteiger partial charge is 0.0828 e. The Hall–Kier alpha value is -0.340. The SMILES string of the molecule is C=C(C)CC(NCC)C(CC)(CC)OC. The first-order chi connectivity index (χ1) is 7.06. The maximum atomic E-state index is 5.75. The van der Waals surface area contributed by atoms with Gasteiger partial charge in [0.25, 0.3) is 0 Å². The van der Waals surface area contributed by atoms with Gasteiger partial charge in [0.05, 0.1) is 5.60 Å². The molecule has 2 heteroatoms. The minimum atomic E-state index is -0.0467. The molecule has 0 saturated carbocycles. The van der Waals surface area contributed by atoms with Crippen LogP contribution in [0.4, 0.5) is 0 Å². The molecule has 0 heterocycles. The highest BCUT2D eigenvalue weighted by molar-refractivity contribution is 5.01. The Morgan fingerprint density at radius 2 is 1.87 bits per heavy atom. The third-order valence-electron chi connectivity index (χ3n) is 3.24. The van der Waals surface area contributed by atoms with Gasteiger partial charge in [0.2, 0.25) is 0 Å². The van der Waals surface area contributed by atoms with Crippen molar-refractivity contribution in [3.8, 4) is 0 Å². The number of hydrogen-bond donors (Lipinski definition) is 1. The molecule has 0 aromatic carbocycles. The van der Waals surface area contributed by atoms with Crippen LogP contribution >= 0.6 is 0 Å². The third kappa shape index (κ3) is 3.96. The second-order valence-electron chi connectivity index (χ2n) is 4.25. The van der Waals surface area contributed by atoms with Gasteiger partial charge in [-0.25, -0.2) is 0 Å². The Kier molecular flexibility index (Phi) is 6.86. The largest absolute Gasteiger partial charge is 0.377 e. The Balaban J connectivity index is 4.73. The second kappa shape index (κ2) is 7.02. The summed E-state index contributed by atoms with van der Waals surface area (Å²) in [5.41, 5.74) is 1.17. The number of methoxy groups -OCH3 is 1. The van der Waals surface area contributed by atoms with Gasteiger partial charge in [-0.3, -0.25) is 0 Å². The predicted molar refractivity (Wildman–Crippen MR) is 67.2 cm³/mol. The topological polar surface area (TPSA) is 21.3 Å². The lowest BCUT2D eigenvalue weighted by molar-refractivity contribution is -0.0468. The normalized spacial score (nSPS) is 13.9. The highest BCUT2D eigenvalue weighted by Gasteiger charge is 2.34. The summed E-state index contributed by atoms with van der Waals surface area (Å²) in [4.78, 5) is 0. The van der Waals surface area contributed by atoms with Crippen LogP contribution in [0.5, 0.6) is 0 Å². The van der Waals surface area contributed by atoms with Crippen LogP contribution in [-0.2, 0) is 4.74 Å². The first-order valence-electron chi connectivity index (χ1n) is 5.99. The Morgan fingerprint density at radius 3 is 2.13 bits per heavy atom. The van der Waals surface area contributed by atoms with Gasteiger partial charge in [0.1, 0.15) is 0 Å². The van der Waals surface area contributed by atoms with E-state index in [4.69, 9.17) is 4.74 Å². The number of ether oxygens (including phenoxy) is 1. The van der Waals surface area contributed by atoms with Crippen molar-refractivity contribution in [2.24, 2.45) is 0 Å². The van der Waals surface area contributed by atoms with E-state index in [-0.39, 0.29) is 5.60 Å². The minimum Gasteiger partial charge on any atom is -0.377 e. The minimum absolute atomic E-state index is 0.0467. The molecular weight excluding hydrogens is 186 g/mol. The van der Waals surface area contributed by atoms with Gasteiger partial charge in [-0.05, 0) is 32.7 Å². The number of nitrogens with one attached hydrogen (secondary N) is 1. The summed E-state index contributed by atoms with van der Waals surface area (Å²) in [5.74, 6) is 0. The molecule has 1 atom stereocenters. The van der Waals surface area contributed by atoms with Crippen molar-refractivity contribution in [3.05, 3.63) is 12.2 Å². The average Bonchev–Trinajstić information content (AvgIpc) is 2.21. The van der Waals surface area contributed by atoms with Gasteiger partial charge in [-0.1, -0.05) is 26.3 Å². The van der Waals surface area contributed by atoms with E-state index in [9.17, 15) is 0 Å². The van der Waals surface area contributed by atoms with Crippen LogP contribution in [0.15, 0.2) is 12.2 Å². The zero-order valence-electron chi connectivity index (χ0n) is 11.0. The summed E-state index contributed by atoms with van der Waals surface area (Å²) in [5, 5.41) is 3.52. The summed E-state index contributed by atoms with van der Waals surface area (Å²) in [7, 11) is 1.82. The molecule has 0 saturated heterocycles. The predicted octanol–water partition coefficient (Wildman–Crippen LogP) is 3.14. The van der Waals surface area contributed by atoms with Crippen LogP contribution in [0.3, 0.4) is 0 Å². The van der Waals surface area contributed by atoms with Crippen LogP contribution in [0.25, 0.3) is 0 Å². The molecule has 0 aliphatic heterocycles. The van der Waals surface area contributed by atoms with Crippen molar-refractivity contribution in [2.45, 2.75) is 58.6 Å². The van der Waals surface area contributed by atoms with Gasteiger partial charge in [-0.15, -0.1) is 6.58 Å². The molecule has 0 amide bonds.